The molecule has 0 amide bonds. The summed E-state index contributed by atoms with van der Waals surface area (Å²) in [6.07, 6.45) is 20.0. The van der Waals surface area contributed by atoms with Crippen LogP contribution in [-0.4, -0.2) is 19.2 Å². The van der Waals surface area contributed by atoms with Gasteiger partial charge < -0.3 is 14.2 Å². The van der Waals surface area contributed by atoms with Crippen molar-refractivity contribution in [3.8, 4) is 28.4 Å². The number of carbonyl (C=O) groups excluding carboxylic acids is 1. The van der Waals surface area contributed by atoms with Crippen LogP contribution >= 0.6 is 0 Å². The standard InChI is InChI=1S/C39H53FO4/c1-3-5-7-9-11-13-15-17-29-42-35-25-23-33(24-26-35)32-19-21-34(22-20-32)39(41)44-38-28-27-36(31-37(38)40)43-30-18-16-14-12-10-8-6-4-2/h19-28,31H,3-18,29-30H2,1-2H3. The highest BCUT2D eigenvalue weighted by molar-refractivity contribution is 5.91. The fourth-order valence-electron chi connectivity index (χ4n) is 5.21. The molecule has 0 spiro atoms. The molecule has 3 rings (SSSR count). The lowest BCUT2D eigenvalue weighted by molar-refractivity contribution is 0.0727. The quantitative estimate of drug-likeness (QED) is 0.0613. The van der Waals surface area contributed by atoms with Crippen molar-refractivity contribution in [3.63, 3.8) is 0 Å². The molecular formula is C39H53FO4. The molecule has 0 saturated carbocycles. The molecule has 0 aliphatic heterocycles. The van der Waals surface area contributed by atoms with Crippen molar-refractivity contribution < 1.29 is 23.4 Å². The number of hydrogen-bond donors (Lipinski definition) is 0. The van der Waals surface area contributed by atoms with Crippen molar-refractivity contribution in [2.24, 2.45) is 0 Å². The van der Waals surface area contributed by atoms with Crippen LogP contribution in [0.15, 0.2) is 66.7 Å². The molecule has 44 heavy (non-hydrogen) atoms. The monoisotopic (exact) mass is 604 g/mol. The number of hydrogen-bond acceptors (Lipinski definition) is 4. The summed E-state index contributed by atoms with van der Waals surface area (Å²) in [4.78, 5) is 12.7. The summed E-state index contributed by atoms with van der Waals surface area (Å²) in [5, 5.41) is 0. The van der Waals surface area contributed by atoms with Crippen LogP contribution in [0, 0.1) is 5.82 Å². The maximum Gasteiger partial charge on any atom is 0.343 e. The molecule has 0 heterocycles. The van der Waals surface area contributed by atoms with E-state index < -0.39 is 11.8 Å². The van der Waals surface area contributed by atoms with Gasteiger partial charge in [0.25, 0.3) is 0 Å². The zero-order chi connectivity index (χ0) is 31.2. The summed E-state index contributed by atoms with van der Waals surface area (Å²) >= 11 is 0. The van der Waals surface area contributed by atoms with Gasteiger partial charge in [-0.25, -0.2) is 9.18 Å². The van der Waals surface area contributed by atoms with Gasteiger partial charge >= 0.3 is 5.97 Å². The third-order valence-electron chi connectivity index (χ3n) is 7.95. The van der Waals surface area contributed by atoms with E-state index in [0.29, 0.717) is 17.9 Å². The minimum absolute atomic E-state index is 0.110. The Morgan fingerprint density at radius 2 is 0.977 bits per heavy atom. The zero-order valence-corrected chi connectivity index (χ0v) is 27.1. The van der Waals surface area contributed by atoms with Crippen molar-refractivity contribution in [1.29, 1.82) is 0 Å². The van der Waals surface area contributed by atoms with Crippen LogP contribution in [0.5, 0.6) is 17.2 Å². The van der Waals surface area contributed by atoms with Crippen molar-refractivity contribution in [2.45, 2.75) is 117 Å². The van der Waals surface area contributed by atoms with Crippen LogP contribution in [0.2, 0.25) is 0 Å². The predicted octanol–water partition coefficient (Wildman–Crippen LogP) is 11.8. The molecule has 0 unspecified atom stereocenters. The molecule has 0 aliphatic rings. The molecule has 5 heteroatoms. The van der Waals surface area contributed by atoms with E-state index in [1.54, 1.807) is 18.2 Å². The molecule has 0 N–H and O–H groups in total. The summed E-state index contributed by atoms with van der Waals surface area (Å²) in [5.74, 6) is -0.0235. The number of rotatable bonds is 23. The lowest BCUT2D eigenvalue weighted by Crippen LogP contribution is -2.09. The Hall–Kier alpha value is -3.34. The molecule has 0 bridgehead atoms. The first-order chi connectivity index (χ1) is 21.6. The summed E-state index contributed by atoms with van der Waals surface area (Å²) < 4.78 is 31.6. The van der Waals surface area contributed by atoms with Gasteiger partial charge in [-0.2, -0.15) is 0 Å². The molecule has 3 aromatic carbocycles. The van der Waals surface area contributed by atoms with Gasteiger partial charge in [0.05, 0.1) is 18.8 Å². The lowest BCUT2D eigenvalue weighted by Gasteiger charge is -2.10. The van der Waals surface area contributed by atoms with Gasteiger partial charge in [0.2, 0.25) is 0 Å². The Morgan fingerprint density at radius 3 is 1.48 bits per heavy atom. The first kappa shape index (κ1) is 35.1. The number of ether oxygens (including phenoxy) is 3. The van der Waals surface area contributed by atoms with Gasteiger partial charge in [-0.05, 0) is 60.4 Å². The first-order valence-electron chi connectivity index (χ1n) is 17.1. The minimum atomic E-state index is -0.617. The SMILES string of the molecule is CCCCCCCCCCOc1ccc(-c2ccc(C(=O)Oc3ccc(OCCCCCCCCCC)cc3F)cc2)cc1. The highest BCUT2D eigenvalue weighted by Gasteiger charge is 2.13. The van der Waals surface area contributed by atoms with Crippen LogP contribution in [-0.2, 0) is 0 Å². The van der Waals surface area contributed by atoms with Crippen LogP contribution in [0.4, 0.5) is 4.39 Å². The Kier molecular flexibility index (Phi) is 17.1. The Balaban J connectivity index is 1.37. The van der Waals surface area contributed by atoms with Gasteiger partial charge in [0, 0.05) is 6.07 Å². The Morgan fingerprint density at radius 1 is 0.545 bits per heavy atom. The van der Waals surface area contributed by atoms with Gasteiger partial charge in [0.1, 0.15) is 11.5 Å². The third-order valence-corrected chi connectivity index (χ3v) is 7.95. The van der Waals surface area contributed by atoms with E-state index in [1.807, 2.05) is 36.4 Å². The summed E-state index contributed by atoms with van der Waals surface area (Å²) in [6, 6.07) is 19.5. The second-order valence-electron chi connectivity index (χ2n) is 11.7. The van der Waals surface area contributed by atoms with E-state index in [1.165, 1.54) is 95.6 Å². The van der Waals surface area contributed by atoms with Gasteiger partial charge in [-0.3, -0.25) is 0 Å². The molecule has 3 aromatic rings. The third kappa shape index (κ3) is 13.5. The molecule has 0 fully saturated rings. The highest BCUT2D eigenvalue weighted by atomic mass is 19.1. The predicted molar refractivity (Wildman–Crippen MR) is 179 cm³/mol. The molecular weight excluding hydrogens is 551 g/mol. The van der Waals surface area contributed by atoms with E-state index >= 15 is 0 Å². The van der Waals surface area contributed by atoms with Crippen molar-refractivity contribution in [2.75, 3.05) is 13.2 Å². The Bertz CT molecular complexity index is 1190. The fourth-order valence-corrected chi connectivity index (χ4v) is 5.21. The van der Waals surface area contributed by atoms with Crippen molar-refractivity contribution in [3.05, 3.63) is 78.1 Å². The van der Waals surface area contributed by atoms with Crippen LogP contribution in [0.3, 0.4) is 0 Å². The normalized spacial score (nSPS) is 11.0. The molecule has 0 saturated heterocycles. The van der Waals surface area contributed by atoms with Crippen molar-refractivity contribution >= 4 is 5.97 Å². The van der Waals surface area contributed by atoms with Crippen LogP contribution in [0.1, 0.15) is 127 Å². The van der Waals surface area contributed by atoms with E-state index in [2.05, 4.69) is 13.8 Å². The number of esters is 1. The first-order valence-corrected chi connectivity index (χ1v) is 17.1. The Labute approximate surface area is 265 Å². The number of unbranched alkanes of at least 4 members (excludes halogenated alkanes) is 14. The fraction of sp³-hybridized carbons (Fsp3) is 0.513. The number of carbonyl (C=O) groups is 1. The second-order valence-corrected chi connectivity index (χ2v) is 11.7. The van der Waals surface area contributed by atoms with E-state index in [4.69, 9.17) is 14.2 Å². The van der Waals surface area contributed by atoms with Gasteiger partial charge in [0.15, 0.2) is 11.6 Å². The van der Waals surface area contributed by atoms with Gasteiger partial charge in [-0.15, -0.1) is 0 Å². The van der Waals surface area contributed by atoms with Crippen LogP contribution < -0.4 is 14.2 Å². The average Bonchev–Trinajstić information content (AvgIpc) is 3.05. The minimum Gasteiger partial charge on any atom is -0.494 e. The molecule has 0 radical (unpaired) electrons. The smallest absolute Gasteiger partial charge is 0.343 e. The second kappa shape index (κ2) is 21.4. The van der Waals surface area contributed by atoms with E-state index in [0.717, 1.165) is 42.7 Å². The van der Waals surface area contributed by atoms with Crippen LogP contribution in [0.25, 0.3) is 11.1 Å². The summed E-state index contributed by atoms with van der Waals surface area (Å²) in [6.45, 7) is 5.76. The molecule has 0 aromatic heterocycles. The summed E-state index contributed by atoms with van der Waals surface area (Å²) in [7, 11) is 0. The zero-order valence-electron chi connectivity index (χ0n) is 27.1. The number of benzene rings is 3. The average molecular weight is 605 g/mol. The van der Waals surface area contributed by atoms with E-state index in [-0.39, 0.29) is 5.75 Å². The van der Waals surface area contributed by atoms with E-state index in [9.17, 15) is 9.18 Å². The maximum atomic E-state index is 14.6. The van der Waals surface area contributed by atoms with Crippen molar-refractivity contribution in [1.82, 2.24) is 0 Å². The maximum absolute atomic E-state index is 14.6. The van der Waals surface area contributed by atoms with Gasteiger partial charge in [-0.1, -0.05) is 128 Å². The molecule has 0 aliphatic carbocycles. The largest absolute Gasteiger partial charge is 0.494 e. The number of halogens is 1. The molecule has 240 valence electrons. The molecule has 4 nitrogen and oxygen atoms in total. The highest BCUT2D eigenvalue weighted by Crippen LogP contribution is 2.26. The summed E-state index contributed by atoms with van der Waals surface area (Å²) in [5.41, 5.74) is 2.35. The topological polar surface area (TPSA) is 44.8 Å². The lowest BCUT2D eigenvalue weighted by atomic mass is 10.0. The molecule has 0 atom stereocenters.